The Balaban J connectivity index is 1.70. The standard InChI is InChI=1S/C20H19N3O3/c21-19(25)18(23-20(26)15-9-10-16(24)22-15)17-13-7-3-1-5-11(13)12-6-2-4-8-14(12)17/h1-8,15,17-18H,9-10H2,(H2,21,25)(H,22,24)(H,23,26)/t15-,18+/m0/s1. The number of rotatable bonds is 4. The average Bonchev–Trinajstić information content (AvgIpc) is 3.21. The van der Waals surface area contributed by atoms with E-state index in [1.807, 2.05) is 48.5 Å². The number of nitrogens with one attached hydrogen (secondary N) is 2. The highest BCUT2D eigenvalue weighted by atomic mass is 16.2. The Morgan fingerprint density at radius 2 is 1.62 bits per heavy atom. The van der Waals surface area contributed by atoms with Gasteiger partial charge < -0.3 is 16.4 Å². The highest BCUT2D eigenvalue weighted by Gasteiger charge is 2.39. The molecule has 0 radical (unpaired) electrons. The Morgan fingerprint density at radius 1 is 1.04 bits per heavy atom. The summed E-state index contributed by atoms with van der Waals surface area (Å²) in [5.74, 6) is -1.47. The summed E-state index contributed by atoms with van der Waals surface area (Å²) in [6, 6.07) is 14.1. The van der Waals surface area contributed by atoms with Crippen molar-refractivity contribution >= 4 is 17.7 Å². The molecule has 0 saturated carbocycles. The molecule has 1 aliphatic carbocycles. The zero-order valence-corrected chi connectivity index (χ0v) is 14.1. The molecule has 2 aromatic rings. The highest BCUT2D eigenvalue weighted by molar-refractivity contribution is 5.95. The van der Waals surface area contributed by atoms with Crippen LogP contribution < -0.4 is 16.4 Å². The first kappa shape index (κ1) is 16.3. The van der Waals surface area contributed by atoms with Crippen LogP contribution in [0.4, 0.5) is 0 Å². The zero-order chi connectivity index (χ0) is 18.3. The van der Waals surface area contributed by atoms with Crippen LogP contribution in [0, 0.1) is 0 Å². The Hall–Kier alpha value is -3.15. The van der Waals surface area contributed by atoms with Crippen LogP contribution in [0.15, 0.2) is 48.5 Å². The predicted octanol–water partition coefficient (Wildman–Crippen LogP) is 1.05. The zero-order valence-electron chi connectivity index (χ0n) is 14.1. The van der Waals surface area contributed by atoms with Gasteiger partial charge in [0, 0.05) is 12.3 Å². The van der Waals surface area contributed by atoms with Gasteiger partial charge in [-0.1, -0.05) is 48.5 Å². The lowest BCUT2D eigenvalue weighted by atomic mass is 9.88. The summed E-state index contributed by atoms with van der Waals surface area (Å²) in [7, 11) is 0. The molecule has 4 rings (SSSR count). The Bertz CT molecular complexity index is 863. The van der Waals surface area contributed by atoms with Gasteiger partial charge in [-0.3, -0.25) is 14.4 Å². The van der Waals surface area contributed by atoms with Crippen LogP contribution in [0.1, 0.15) is 29.9 Å². The minimum absolute atomic E-state index is 0.155. The molecule has 2 aliphatic rings. The van der Waals surface area contributed by atoms with Crippen LogP contribution in [0.3, 0.4) is 0 Å². The summed E-state index contributed by atoms with van der Waals surface area (Å²) >= 11 is 0. The second-order valence-electron chi connectivity index (χ2n) is 6.70. The van der Waals surface area contributed by atoms with E-state index in [2.05, 4.69) is 10.6 Å². The molecule has 26 heavy (non-hydrogen) atoms. The summed E-state index contributed by atoms with van der Waals surface area (Å²) in [6.45, 7) is 0. The molecule has 1 saturated heterocycles. The summed E-state index contributed by atoms with van der Waals surface area (Å²) in [5.41, 5.74) is 9.68. The molecule has 1 fully saturated rings. The van der Waals surface area contributed by atoms with Crippen molar-refractivity contribution in [1.29, 1.82) is 0 Å². The maximum absolute atomic E-state index is 12.6. The van der Waals surface area contributed by atoms with Crippen molar-refractivity contribution in [3.8, 4) is 11.1 Å². The lowest BCUT2D eigenvalue weighted by Crippen LogP contribution is -2.53. The molecule has 3 amide bonds. The van der Waals surface area contributed by atoms with Crippen LogP contribution in [0.5, 0.6) is 0 Å². The first-order valence-corrected chi connectivity index (χ1v) is 8.63. The van der Waals surface area contributed by atoms with Crippen molar-refractivity contribution in [2.75, 3.05) is 0 Å². The van der Waals surface area contributed by atoms with Crippen LogP contribution in [-0.2, 0) is 14.4 Å². The Labute approximate surface area is 150 Å². The maximum Gasteiger partial charge on any atom is 0.243 e. The third-order valence-corrected chi connectivity index (χ3v) is 5.13. The van der Waals surface area contributed by atoms with Crippen molar-refractivity contribution in [3.63, 3.8) is 0 Å². The number of fused-ring (bicyclic) bond motifs is 3. The SMILES string of the molecule is NC(=O)[C@H](NC(=O)[C@@H]1CCC(=O)N1)C1c2ccccc2-c2ccccc21. The molecule has 1 aliphatic heterocycles. The van der Waals surface area contributed by atoms with Gasteiger partial charge >= 0.3 is 0 Å². The molecule has 0 unspecified atom stereocenters. The summed E-state index contributed by atoms with van der Waals surface area (Å²) in [6.07, 6.45) is 0.739. The van der Waals surface area contributed by atoms with Crippen molar-refractivity contribution in [1.82, 2.24) is 10.6 Å². The van der Waals surface area contributed by atoms with Gasteiger partial charge in [0.1, 0.15) is 12.1 Å². The number of primary amides is 1. The van der Waals surface area contributed by atoms with Gasteiger partial charge in [-0.15, -0.1) is 0 Å². The van der Waals surface area contributed by atoms with Crippen molar-refractivity contribution in [2.45, 2.75) is 30.8 Å². The minimum Gasteiger partial charge on any atom is -0.368 e. The van der Waals surface area contributed by atoms with Gasteiger partial charge in [0.2, 0.25) is 17.7 Å². The average molecular weight is 349 g/mol. The Morgan fingerprint density at radius 3 is 2.12 bits per heavy atom. The van der Waals surface area contributed by atoms with E-state index in [9.17, 15) is 14.4 Å². The number of carbonyl (C=O) groups is 3. The Kier molecular flexibility index (Phi) is 3.95. The van der Waals surface area contributed by atoms with E-state index in [0.717, 1.165) is 22.3 Å². The second kappa shape index (κ2) is 6.29. The molecule has 6 nitrogen and oxygen atoms in total. The fourth-order valence-corrected chi connectivity index (χ4v) is 3.94. The van der Waals surface area contributed by atoms with E-state index in [4.69, 9.17) is 5.73 Å². The van der Waals surface area contributed by atoms with Gasteiger partial charge in [-0.25, -0.2) is 0 Å². The highest BCUT2D eigenvalue weighted by Crippen LogP contribution is 2.46. The fourth-order valence-electron chi connectivity index (χ4n) is 3.94. The van der Waals surface area contributed by atoms with Crippen LogP contribution in [-0.4, -0.2) is 29.8 Å². The lowest BCUT2D eigenvalue weighted by molar-refractivity contribution is -0.129. The summed E-state index contributed by atoms with van der Waals surface area (Å²) < 4.78 is 0. The first-order chi connectivity index (χ1) is 12.6. The smallest absolute Gasteiger partial charge is 0.243 e. The summed E-state index contributed by atoms with van der Waals surface area (Å²) in [4.78, 5) is 36.2. The van der Waals surface area contributed by atoms with Gasteiger partial charge in [0.05, 0.1) is 0 Å². The van der Waals surface area contributed by atoms with Gasteiger partial charge in [-0.2, -0.15) is 0 Å². The molecule has 0 spiro atoms. The molecule has 1 heterocycles. The molecular weight excluding hydrogens is 330 g/mol. The molecular formula is C20H19N3O3. The normalized spacial score (nSPS) is 19.4. The lowest BCUT2D eigenvalue weighted by Gasteiger charge is -2.25. The molecule has 2 atom stereocenters. The van der Waals surface area contributed by atoms with E-state index in [0.29, 0.717) is 12.8 Å². The predicted molar refractivity (Wildman–Crippen MR) is 96.0 cm³/mol. The molecule has 2 aromatic carbocycles. The fraction of sp³-hybridized carbons (Fsp3) is 0.250. The van der Waals surface area contributed by atoms with E-state index in [1.165, 1.54) is 0 Å². The van der Waals surface area contributed by atoms with Crippen molar-refractivity contribution < 1.29 is 14.4 Å². The van der Waals surface area contributed by atoms with E-state index in [-0.39, 0.29) is 17.7 Å². The summed E-state index contributed by atoms with van der Waals surface area (Å²) in [5, 5.41) is 5.40. The number of hydrogen-bond donors (Lipinski definition) is 3. The first-order valence-electron chi connectivity index (χ1n) is 8.63. The quantitative estimate of drug-likeness (QED) is 0.769. The van der Waals surface area contributed by atoms with Gasteiger partial charge in [0.25, 0.3) is 0 Å². The van der Waals surface area contributed by atoms with Crippen LogP contribution in [0.25, 0.3) is 11.1 Å². The third-order valence-electron chi connectivity index (χ3n) is 5.13. The molecule has 132 valence electrons. The number of hydrogen-bond acceptors (Lipinski definition) is 3. The number of amides is 3. The van der Waals surface area contributed by atoms with Gasteiger partial charge in [0.15, 0.2) is 0 Å². The third kappa shape index (κ3) is 2.63. The maximum atomic E-state index is 12.6. The second-order valence-corrected chi connectivity index (χ2v) is 6.70. The molecule has 0 aromatic heterocycles. The monoisotopic (exact) mass is 349 g/mol. The van der Waals surface area contributed by atoms with E-state index >= 15 is 0 Å². The number of carbonyl (C=O) groups excluding carboxylic acids is 3. The van der Waals surface area contributed by atoms with Crippen LogP contribution in [0.2, 0.25) is 0 Å². The van der Waals surface area contributed by atoms with Gasteiger partial charge in [-0.05, 0) is 28.7 Å². The topological polar surface area (TPSA) is 101 Å². The molecule has 0 bridgehead atoms. The molecule has 4 N–H and O–H groups in total. The van der Waals surface area contributed by atoms with Crippen LogP contribution >= 0.6 is 0 Å². The van der Waals surface area contributed by atoms with E-state index in [1.54, 1.807) is 0 Å². The number of nitrogens with two attached hydrogens (primary N) is 1. The largest absolute Gasteiger partial charge is 0.368 e. The van der Waals surface area contributed by atoms with Crippen molar-refractivity contribution in [2.24, 2.45) is 5.73 Å². The van der Waals surface area contributed by atoms with E-state index < -0.39 is 18.0 Å². The molecule has 6 heteroatoms. The minimum atomic E-state index is -0.884. The number of benzene rings is 2. The van der Waals surface area contributed by atoms with Crippen molar-refractivity contribution in [3.05, 3.63) is 59.7 Å².